The number of nitrogens with one attached hydrogen (secondary N) is 2. The van der Waals surface area contributed by atoms with E-state index in [-0.39, 0.29) is 36.3 Å². The van der Waals surface area contributed by atoms with Crippen molar-refractivity contribution in [2.45, 2.75) is 107 Å². The quantitative estimate of drug-likeness (QED) is 0.385. The molecular weight excluding hydrogens is 526 g/mol. The average Bonchev–Trinajstić information content (AvgIpc) is 3.51. The van der Waals surface area contributed by atoms with Crippen LogP contribution in [0.4, 0.5) is 5.69 Å². The Balaban J connectivity index is 1.48. The highest BCUT2D eigenvalue weighted by atomic mass is 32.2. The first kappa shape index (κ1) is 29.2. The van der Waals surface area contributed by atoms with Crippen molar-refractivity contribution < 1.29 is 24.2 Å². The molecule has 9 heteroatoms. The lowest BCUT2D eigenvalue weighted by molar-refractivity contribution is -0.144. The third-order valence-electron chi connectivity index (χ3n) is 9.97. The Hall–Kier alpha value is -2.26. The number of fused-ring (bicyclic) bond motifs is 1. The van der Waals surface area contributed by atoms with E-state index in [0.717, 1.165) is 44.3 Å². The number of carbonyl (C=O) groups excluding carboxylic acids is 3. The van der Waals surface area contributed by atoms with Crippen molar-refractivity contribution in [3.63, 3.8) is 0 Å². The summed E-state index contributed by atoms with van der Waals surface area (Å²) in [5.74, 6) is -0.898. The number of carbonyl (C=O) groups is 3. The van der Waals surface area contributed by atoms with Crippen molar-refractivity contribution in [3.05, 3.63) is 24.3 Å². The maximum absolute atomic E-state index is 14.5. The fourth-order valence-corrected chi connectivity index (χ4v) is 10.1. The van der Waals surface area contributed by atoms with Gasteiger partial charge in [0.05, 0.1) is 35.8 Å². The van der Waals surface area contributed by atoms with Gasteiger partial charge < -0.3 is 25.4 Å². The molecule has 8 nitrogen and oxygen atoms in total. The molecule has 40 heavy (non-hydrogen) atoms. The van der Waals surface area contributed by atoms with Gasteiger partial charge in [-0.2, -0.15) is 0 Å². The molecule has 5 rings (SSSR count). The van der Waals surface area contributed by atoms with Crippen LogP contribution in [0.5, 0.6) is 5.75 Å². The second-order valence-corrected chi connectivity index (χ2v) is 14.3. The molecule has 4 fully saturated rings. The van der Waals surface area contributed by atoms with Crippen LogP contribution in [-0.4, -0.2) is 68.6 Å². The van der Waals surface area contributed by atoms with E-state index >= 15 is 0 Å². The standard InChI is InChI=1S/C31H45N3O5S/c1-5-19(3)23(18-35)34-26(28(37)33-20-10-8-7-9-11-20)31-17-16-30(4,40-31)24(25(31)29(34)38)27(36)32-21-12-14-22(15-13-21)39-6-2/h12-15,19-20,23-26,35H,5-11,16-18H2,1-4H3,(H,32,36)(H,33,37)/t19-,23-,24-,25-,26?,30+,31?/m0/s1. The molecule has 0 aromatic heterocycles. The van der Waals surface area contributed by atoms with Crippen molar-refractivity contribution in [3.8, 4) is 5.75 Å². The Morgan fingerprint density at radius 2 is 1.82 bits per heavy atom. The minimum atomic E-state index is -0.701. The Labute approximate surface area is 242 Å². The van der Waals surface area contributed by atoms with Crippen molar-refractivity contribution in [1.29, 1.82) is 0 Å². The molecule has 1 saturated carbocycles. The monoisotopic (exact) mass is 571 g/mol. The largest absolute Gasteiger partial charge is 0.494 e. The van der Waals surface area contributed by atoms with E-state index in [1.807, 2.05) is 45.0 Å². The number of rotatable bonds is 10. The molecule has 3 saturated heterocycles. The first-order valence-electron chi connectivity index (χ1n) is 15.2. The maximum Gasteiger partial charge on any atom is 0.244 e. The van der Waals surface area contributed by atoms with E-state index in [9.17, 15) is 19.5 Å². The van der Waals surface area contributed by atoms with Gasteiger partial charge in [-0.15, -0.1) is 11.8 Å². The van der Waals surface area contributed by atoms with Gasteiger partial charge in [-0.1, -0.05) is 39.5 Å². The van der Waals surface area contributed by atoms with Gasteiger partial charge in [0.1, 0.15) is 11.8 Å². The van der Waals surface area contributed by atoms with Crippen molar-refractivity contribution >= 4 is 35.2 Å². The average molecular weight is 572 g/mol. The number of hydrogen-bond donors (Lipinski definition) is 3. The Kier molecular flexibility index (Phi) is 8.44. The van der Waals surface area contributed by atoms with Crippen LogP contribution in [0.2, 0.25) is 0 Å². The third-order valence-corrected chi connectivity index (χ3v) is 12.0. The molecule has 1 aliphatic carbocycles. The summed E-state index contributed by atoms with van der Waals surface area (Å²) < 4.78 is 4.39. The Morgan fingerprint density at radius 3 is 2.45 bits per heavy atom. The number of nitrogens with zero attached hydrogens (tertiary/aromatic N) is 1. The zero-order valence-corrected chi connectivity index (χ0v) is 25.1. The van der Waals surface area contributed by atoms with Crippen LogP contribution >= 0.6 is 11.8 Å². The first-order chi connectivity index (χ1) is 19.2. The van der Waals surface area contributed by atoms with Crippen molar-refractivity contribution in [2.75, 3.05) is 18.5 Å². The third kappa shape index (κ3) is 4.91. The summed E-state index contributed by atoms with van der Waals surface area (Å²) in [6, 6.07) is 6.22. The lowest BCUT2D eigenvalue weighted by atomic mass is 9.66. The second-order valence-electron chi connectivity index (χ2n) is 12.4. The summed E-state index contributed by atoms with van der Waals surface area (Å²) in [6.07, 6.45) is 7.53. The van der Waals surface area contributed by atoms with Crippen molar-refractivity contribution in [1.82, 2.24) is 10.2 Å². The number of thioether (sulfide) groups is 1. The van der Waals surface area contributed by atoms with Crippen LogP contribution in [0.15, 0.2) is 24.3 Å². The van der Waals surface area contributed by atoms with Crippen LogP contribution in [-0.2, 0) is 14.4 Å². The highest BCUT2D eigenvalue weighted by Gasteiger charge is 2.77. The number of hydrogen-bond acceptors (Lipinski definition) is 6. The molecule has 2 bridgehead atoms. The topological polar surface area (TPSA) is 108 Å². The van der Waals surface area contributed by atoms with E-state index in [2.05, 4.69) is 17.6 Å². The zero-order chi connectivity index (χ0) is 28.7. The summed E-state index contributed by atoms with van der Waals surface area (Å²) in [4.78, 5) is 44.3. The number of ether oxygens (including phenoxy) is 1. The lowest BCUT2D eigenvalue weighted by Crippen LogP contribution is -2.59. The molecular formula is C31H45N3O5S. The predicted octanol–water partition coefficient (Wildman–Crippen LogP) is 4.36. The highest BCUT2D eigenvalue weighted by Crippen LogP contribution is 2.71. The summed E-state index contributed by atoms with van der Waals surface area (Å²) in [5.41, 5.74) is 0.653. The summed E-state index contributed by atoms with van der Waals surface area (Å²) in [6.45, 7) is 8.43. The lowest BCUT2D eigenvalue weighted by Gasteiger charge is -2.40. The molecule has 3 aliphatic heterocycles. The molecule has 1 aromatic carbocycles. The highest BCUT2D eigenvalue weighted by molar-refractivity contribution is 8.02. The van der Waals surface area contributed by atoms with E-state index in [1.165, 1.54) is 6.42 Å². The molecule has 3 heterocycles. The number of aliphatic hydroxyl groups excluding tert-OH is 1. The molecule has 220 valence electrons. The molecule has 4 aliphatic rings. The van der Waals surface area contributed by atoms with Gasteiger partial charge in [-0.05, 0) is 69.7 Å². The fourth-order valence-electron chi connectivity index (χ4n) is 7.78. The second kappa shape index (κ2) is 11.6. The molecule has 2 unspecified atom stereocenters. The van der Waals surface area contributed by atoms with Gasteiger partial charge in [0, 0.05) is 16.5 Å². The summed E-state index contributed by atoms with van der Waals surface area (Å²) >= 11 is 1.68. The SMILES string of the molecule is CCOc1ccc(NC(=O)[C@@H]2[C@H]3C(=O)N([C@@H](CO)[C@@H](C)CC)C(C(=O)NC4CCCCC4)C34CC[C@@]2(C)S4)cc1. The van der Waals surface area contributed by atoms with Gasteiger partial charge in [0.15, 0.2) is 0 Å². The smallest absolute Gasteiger partial charge is 0.244 e. The van der Waals surface area contributed by atoms with Crippen LogP contribution in [0.25, 0.3) is 0 Å². The van der Waals surface area contributed by atoms with E-state index < -0.39 is 33.4 Å². The number of likely N-dealkylation sites (tertiary alicyclic amines) is 1. The van der Waals surface area contributed by atoms with Gasteiger partial charge >= 0.3 is 0 Å². The van der Waals surface area contributed by atoms with E-state index in [4.69, 9.17) is 4.74 Å². The van der Waals surface area contributed by atoms with Crippen LogP contribution in [0, 0.1) is 17.8 Å². The van der Waals surface area contributed by atoms with Gasteiger partial charge in [0.25, 0.3) is 0 Å². The molecule has 1 spiro atoms. The van der Waals surface area contributed by atoms with Crippen LogP contribution < -0.4 is 15.4 Å². The number of anilines is 1. The number of aliphatic hydroxyl groups is 1. The maximum atomic E-state index is 14.5. The number of benzene rings is 1. The Morgan fingerprint density at radius 1 is 1.12 bits per heavy atom. The normalized spacial score (nSPS) is 33.0. The van der Waals surface area contributed by atoms with Gasteiger partial charge in [-0.3, -0.25) is 14.4 Å². The van der Waals surface area contributed by atoms with E-state index in [0.29, 0.717) is 18.7 Å². The molecule has 7 atom stereocenters. The van der Waals surface area contributed by atoms with Gasteiger partial charge in [-0.25, -0.2) is 0 Å². The number of amides is 3. The van der Waals surface area contributed by atoms with Crippen molar-refractivity contribution in [2.24, 2.45) is 17.8 Å². The Bertz CT molecular complexity index is 1110. The van der Waals surface area contributed by atoms with E-state index in [1.54, 1.807) is 16.7 Å². The minimum Gasteiger partial charge on any atom is -0.494 e. The molecule has 0 radical (unpaired) electrons. The van der Waals surface area contributed by atoms with Crippen LogP contribution in [0.3, 0.4) is 0 Å². The summed E-state index contributed by atoms with van der Waals surface area (Å²) in [7, 11) is 0. The van der Waals surface area contributed by atoms with Crippen LogP contribution in [0.1, 0.15) is 79.1 Å². The van der Waals surface area contributed by atoms with Gasteiger partial charge in [0.2, 0.25) is 17.7 Å². The predicted molar refractivity (Wildman–Crippen MR) is 157 cm³/mol. The summed E-state index contributed by atoms with van der Waals surface area (Å²) in [5, 5.41) is 16.9. The zero-order valence-electron chi connectivity index (χ0n) is 24.3. The molecule has 3 N–H and O–H groups in total. The molecule has 3 amide bonds. The fraction of sp³-hybridized carbons (Fsp3) is 0.710. The first-order valence-corrected chi connectivity index (χ1v) is 16.0. The molecule has 1 aromatic rings. The minimum absolute atomic E-state index is 0.0167.